The summed E-state index contributed by atoms with van der Waals surface area (Å²) in [4.78, 5) is 12.6. The average molecular weight is 380 g/mol. The number of para-hydroxylation sites is 1. The molecule has 3 aromatic rings. The molecule has 0 aliphatic heterocycles. The summed E-state index contributed by atoms with van der Waals surface area (Å²) < 4.78 is 1.03. The number of rotatable bonds is 6. The maximum atomic E-state index is 12.6. The third-order valence-corrected chi connectivity index (χ3v) is 4.40. The normalized spacial score (nSPS) is 11.7. The van der Waals surface area contributed by atoms with E-state index < -0.39 is 0 Å². The van der Waals surface area contributed by atoms with Crippen LogP contribution in [0.1, 0.15) is 28.4 Å². The van der Waals surface area contributed by atoms with Gasteiger partial charge in [0.1, 0.15) is 0 Å². The minimum Gasteiger partial charge on any atom is -0.378 e. The molecule has 0 aliphatic rings. The van der Waals surface area contributed by atoms with E-state index in [0.717, 1.165) is 21.3 Å². The van der Waals surface area contributed by atoms with Crippen molar-refractivity contribution in [2.24, 2.45) is 0 Å². The lowest BCUT2D eigenvalue weighted by atomic mass is 9.97. The van der Waals surface area contributed by atoms with E-state index in [9.17, 15) is 4.79 Å². The second-order valence-electron chi connectivity index (χ2n) is 5.61. The number of hydrogen-bond donors (Lipinski definition) is 1. The molecule has 3 rings (SSSR count). The molecule has 0 heterocycles. The van der Waals surface area contributed by atoms with Crippen LogP contribution < -0.4 is 5.32 Å². The van der Waals surface area contributed by atoms with Crippen molar-refractivity contribution in [2.45, 2.75) is 12.5 Å². The first-order valence-corrected chi connectivity index (χ1v) is 8.67. The largest absolute Gasteiger partial charge is 0.378 e. The van der Waals surface area contributed by atoms with E-state index >= 15 is 0 Å². The van der Waals surface area contributed by atoms with Crippen LogP contribution in [0.4, 0.5) is 5.69 Å². The van der Waals surface area contributed by atoms with Gasteiger partial charge >= 0.3 is 0 Å². The molecule has 0 amide bonds. The number of hydrogen-bond acceptors (Lipinski definition) is 2. The number of carbonyl (C=O) groups is 1. The third-order valence-electron chi connectivity index (χ3n) is 3.87. The minimum atomic E-state index is -0.0757. The predicted octanol–water partition coefficient (Wildman–Crippen LogP) is 5.88. The topological polar surface area (TPSA) is 29.1 Å². The zero-order valence-electron chi connectivity index (χ0n) is 13.2. The van der Waals surface area contributed by atoms with Crippen molar-refractivity contribution in [1.82, 2.24) is 0 Å². The molecule has 0 bridgehead atoms. The first kappa shape index (κ1) is 16.5. The molecule has 0 fully saturated rings. The molecule has 3 aromatic carbocycles. The molecule has 1 N–H and O–H groups in total. The van der Waals surface area contributed by atoms with E-state index in [4.69, 9.17) is 0 Å². The number of Topliss-reactive ketones (excluding diaryl/α,β-unsaturated/α-hetero) is 1. The van der Waals surface area contributed by atoms with Crippen molar-refractivity contribution in [2.75, 3.05) is 5.32 Å². The van der Waals surface area contributed by atoms with Crippen LogP contribution in [0.2, 0.25) is 0 Å². The molecule has 0 radical (unpaired) electrons. The SMILES string of the molecule is O=C(C[C@H](Nc1ccccc1)c1ccc(Br)cc1)c1ccccc1. The fourth-order valence-electron chi connectivity index (χ4n) is 2.61. The van der Waals surface area contributed by atoms with Crippen LogP contribution in [0, 0.1) is 0 Å². The molecule has 0 saturated carbocycles. The Morgan fingerprint density at radius 3 is 2.04 bits per heavy atom. The quantitative estimate of drug-likeness (QED) is 0.542. The summed E-state index contributed by atoms with van der Waals surface area (Å²) in [6.07, 6.45) is 0.403. The summed E-state index contributed by atoms with van der Waals surface area (Å²) in [5.41, 5.74) is 2.84. The van der Waals surface area contributed by atoms with Gasteiger partial charge in [0, 0.05) is 22.1 Å². The molecule has 1 atom stereocenters. The van der Waals surface area contributed by atoms with Crippen LogP contribution in [-0.2, 0) is 0 Å². The molecule has 0 aromatic heterocycles. The molecular formula is C21H18BrNO. The Morgan fingerprint density at radius 2 is 1.42 bits per heavy atom. The lowest BCUT2D eigenvalue weighted by molar-refractivity contribution is 0.0976. The smallest absolute Gasteiger partial charge is 0.165 e. The first-order valence-electron chi connectivity index (χ1n) is 7.87. The van der Waals surface area contributed by atoms with Gasteiger partial charge in [0.15, 0.2) is 5.78 Å². The van der Waals surface area contributed by atoms with Crippen LogP contribution in [0.15, 0.2) is 89.4 Å². The number of benzene rings is 3. The second kappa shape index (κ2) is 7.93. The van der Waals surface area contributed by atoms with Crippen molar-refractivity contribution >= 4 is 27.4 Å². The Balaban J connectivity index is 1.84. The standard InChI is InChI=1S/C21H18BrNO/c22-18-13-11-16(12-14-18)20(23-19-9-5-2-6-10-19)15-21(24)17-7-3-1-4-8-17/h1-14,20,23H,15H2/t20-/m0/s1. The van der Waals surface area contributed by atoms with Crippen LogP contribution in [0.25, 0.3) is 0 Å². The summed E-state index contributed by atoms with van der Waals surface area (Å²) >= 11 is 3.46. The Hall–Kier alpha value is -2.39. The molecular weight excluding hydrogens is 362 g/mol. The van der Waals surface area contributed by atoms with Crippen molar-refractivity contribution < 1.29 is 4.79 Å². The number of nitrogens with one attached hydrogen (secondary N) is 1. The van der Waals surface area contributed by atoms with E-state index in [0.29, 0.717) is 6.42 Å². The van der Waals surface area contributed by atoms with Crippen LogP contribution in [-0.4, -0.2) is 5.78 Å². The maximum absolute atomic E-state index is 12.6. The fraction of sp³-hybridized carbons (Fsp3) is 0.0952. The predicted molar refractivity (Wildman–Crippen MR) is 102 cm³/mol. The molecule has 24 heavy (non-hydrogen) atoms. The number of anilines is 1. The van der Waals surface area contributed by atoms with E-state index in [1.807, 2.05) is 84.9 Å². The molecule has 0 aliphatic carbocycles. The second-order valence-corrected chi connectivity index (χ2v) is 6.52. The van der Waals surface area contributed by atoms with Gasteiger partial charge in [-0.15, -0.1) is 0 Å². The van der Waals surface area contributed by atoms with Gasteiger partial charge in [-0.25, -0.2) is 0 Å². The highest BCUT2D eigenvalue weighted by molar-refractivity contribution is 9.10. The number of ketones is 1. The van der Waals surface area contributed by atoms with E-state index in [1.165, 1.54) is 0 Å². The first-order chi connectivity index (χ1) is 11.7. The molecule has 2 nitrogen and oxygen atoms in total. The number of halogens is 1. The summed E-state index contributed by atoms with van der Waals surface area (Å²) in [6.45, 7) is 0. The van der Waals surface area contributed by atoms with Gasteiger partial charge in [-0.3, -0.25) is 4.79 Å². The monoisotopic (exact) mass is 379 g/mol. The highest BCUT2D eigenvalue weighted by Gasteiger charge is 2.17. The fourth-order valence-corrected chi connectivity index (χ4v) is 2.87. The van der Waals surface area contributed by atoms with Crippen LogP contribution in [0.5, 0.6) is 0 Å². The molecule has 0 spiro atoms. The van der Waals surface area contributed by atoms with Crippen LogP contribution in [0.3, 0.4) is 0 Å². The summed E-state index contributed by atoms with van der Waals surface area (Å²) in [5.74, 6) is 0.131. The summed E-state index contributed by atoms with van der Waals surface area (Å²) in [6, 6.07) is 27.4. The highest BCUT2D eigenvalue weighted by Crippen LogP contribution is 2.25. The van der Waals surface area contributed by atoms with Gasteiger partial charge in [0.05, 0.1) is 6.04 Å². The highest BCUT2D eigenvalue weighted by atomic mass is 79.9. The van der Waals surface area contributed by atoms with E-state index in [2.05, 4.69) is 21.2 Å². The zero-order valence-corrected chi connectivity index (χ0v) is 14.7. The number of carbonyl (C=O) groups excluding carboxylic acids is 1. The zero-order chi connectivity index (χ0) is 16.8. The third kappa shape index (κ3) is 4.33. The van der Waals surface area contributed by atoms with Gasteiger partial charge in [-0.05, 0) is 29.8 Å². The van der Waals surface area contributed by atoms with Gasteiger partial charge < -0.3 is 5.32 Å². The van der Waals surface area contributed by atoms with E-state index in [-0.39, 0.29) is 11.8 Å². The molecule has 120 valence electrons. The van der Waals surface area contributed by atoms with Gasteiger partial charge in [-0.2, -0.15) is 0 Å². The Morgan fingerprint density at radius 1 is 0.833 bits per heavy atom. The molecule has 0 saturated heterocycles. The Kier molecular flexibility index (Phi) is 5.44. The van der Waals surface area contributed by atoms with Gasteiger partial charge in [-0.1, -0.05) is 76.6 Å². The van der Waals surface area contributed by atoms with Crippen LogP contribution >= 0.6 is 15.9 Å². The van der Waals surface area contributed by atoms with E-state index in [1.54, 1.807) is 0 Å². The van der Waals surface area contributed by atoms with Gasteiger partial charge in [0.2, 0.25) is 0 Å². The van der Waals surface area contributed by atoms with Gasteiger partial charge in [0.25, 0.3) is 0 Å². The maximum Gasteiger partial charge on any atom is 0.165 e. The lowest BCUT2D eigenvalue weighted by Crippen LogP contribution is -2.15. The summed E-state index contributed by atoms with van der Waals surface area (Å²) in [5, 5.41) is 3.48. The summed E-state index contributed by atoms with van der Waals surface area (Å²) in [7, 11) is 0. The Labute approximate surface area is 150 Å². The Bertz CT molecular complexity index is 785. The van der Waals surface area contributed by atoms with Crippen molar-refractivity contribution in [3.8, 4) is 0 Å². The molecule has 3 heteroatoms. The van der Waals surface area contributed by atoms with Crippen molar-refractivity contribution in [3.63, 3.8) is 0 Å². The van der Waals surface area contributed by atoms with Crippen molar-refractivity contribution in [3.05, 3.63) is 101 Å². The molecule has 0 unspecified atom stereocenters. The van der Waals surface area contributed by atoms with Crippen molar-refractivity contribution in [1.29, 1.82) is 0 Å². The minimum absolute atomic E-state index is 0.0757. The lowest BCUT2D eigenvalue weighted by Gasteiger charge is -2.20. The average Bonchev–Trinajstić information content (AvgIpc) is 2.63.